The number of carbonyl (C=O) groups excluding carboxylic acids is 1. The van der Waals surface area contributed by atoms with Gasteiger partial charge in [0.1, 0.15) is 22.2 Å². The van der Waals surface area contributed by atoms with Gasteiger partial charge in [-0.1, -0.05) is 12.1 Å². The van der Waals surface area contributed by atoms with Crippen molar-refractivity contribution < 1.29 is 13.9 Å². The van der Waals surface area contributed by atoms with Gasteiger partial charge in [0.25, 0.3) is 5.91 Å². The van der Waals surface area contributed by atoms with Crippen LogP contribution in [0.1, 0.15) is 13.8 Å². The van der Waals surface area contributed by atoms with Gasteiger partial charge in [-0.05, 0) is 55.1 Å². The maximum atomic E-state index is 14.4. The monoisotopic (exact) mass is 502 g/mol. The minimum atomic E-state index is -0.508. The van der Waals surface area contributed by atoms with Gasteiger partial charge >= 0.3 is 0 Å². The molecule has 0 radical (unpaired) electrons. The van der Waals surface area contributed by atoms with Crippen LogP contribution in [0.3, 0.4) is 0 Å². The van der Waals surface area contributed by atoms with E-state index < -0.39 is 5.82 Å². The molecule has 0 aliphatic heterocycles. The number of thiophene rings is 1. The van der Waals surface area contributed by atoms with Gasteiger partial charge in [0, 0.05) is 35.1 Å². The van der Waals surface area contributed by atoms with Crippen molar-refractivity contribution in [1.29, 1.82) is 0 Å². The fourth-order valence-electron chi connectivity index (χ4n) is 3.66. The predicted molar refractivity (Wildman–Crippen MR) is 139 cm³/mol. The summed E-state index contributed by atoms with van der Waals surface area (Å²) in [5, 5.41) is 15.7. The number of halogens is 1. The van der Waals surface area contributed by atoms with Gasteiger partial charge in [-0.2, -0.15) is 5.10 Å². The molecule has 3 aromatic heterocycles. The highest BCUT2D eigenvalue weighted by molar-refractivity contribution is 7.16. The second-order valence-corrected chi connectivity index (χ2v) is 9.31. The first-order valence-corrected chi connectivity index (χ1v) is 12.2. The van der Waals surface area contributed by atoms with Crippen molar-refractivity contribution in [3.63, 3.8) is 0 Å². The molecule has 5 rings (SSSR count). The van der Waals surface area contributed by atoms with Crippen molar-refractivity contribution in [2.45, 2.75) is 19.9 Å². The molecule has 0 aliphatic rings. The number of aromatic amines is 1. The molecule has 182 valence electrons. The molecule has 3 N–H and O–H groups in total. The van der Waals surface area contributed by atoms with Crippen molar-refractivity contribution in [2.75, 3.05) is 11.9 Å². The van der Waals surface area contributed by atoms with E-state index in [2.05, 4.69) is 25.8 Å². The van der Waals surface area contributed by atoms with E-state index in [-0.39, 0.29) is 24.3 Å². The lowest BCUT2D eigenvalue weighted by atomic mass is 10.1. The summed E-state index contributed by atoms with van der Waals surface area (Å²) in [5.41, 5.74) is 3.33. The lowest BCUT2D eigenvalue weighted by molar-refractivity contribution is -0.123. The van der Waals surface area contributed by atoms with Crippen molar-refractivity contribution >= 4 is 39.0 Å². The molecule has 0 fully saturated rings. The van der Waals surface area contributed by atoms with Gasteiger partial charge in [0.05, 0.1) is 11.6 Å². The Bertz CT molecular complexity index is 1500. The van der Waals surface area contributed by atoms with Gasteiger partial charge < -0.3 is 15.4 Å². The maximum absolute atomic E-state index is 14.4. The first-order chi connectivity index (χ1) is 17.4. The summed E-state index contributed by atoms with van der Waals surface area (Å²) < 4.78 is 20.0. The summed E-state index contributed by atoms with van der Waals surface area (Å²) in [6.45, 7) is 3.50. The smallest absolute Gasteiger partial charge is 0.258 e. The fourth-order valence-corrected chi connectivity index (χ4v) is 4.42. The molecule has 2 aromatic carbocycles. The molecule has 8 nitrogen and oxygen atoms in total. The van der Waals surface area contributed by atoms with Crippen molar-refractivity contribution in [3.05, 3.63) is 72.1 Å². The molecule has 5 aromatic rings. The number of nitrogens with one attached hydrogen (secondary N) is 3. The Labute approximate surface area is 210 Å². The summed E-state index contributed by atoms with van der Waals surface area (Å²) in [6, 6.07) is 14.0. The van der Waals surface area contributed by atoms with Crippen LogP contribution in [0.4, 0.5) is 15.9 Å². The van der Waals surface area contributed by atoms with Crippen LogP contribution in [0.2, 0.25) is 0 Å². The quantitative estimate of drug-likeness (QED) is 0.258. The number of hydrogen-bond donors (Lipinski definition) is 3. The van der Waals surface area contributed by atoms with Gasteiger partial charge in [0.2, 0.25) is 0 Å². The third-order valence-corrected chi connectivity index (χ3v) is 6.06. The summed E-state index contributed by atoms with van der Waals surface area (Å²) in [5.74, 6) is 0.389. The Hall–Kier alpha value is -4.31. The fraction of sp³-hybridized carbons (Fsp3) is 0.154. The van der Waals surface area contributed by atoms with Crippen LogP contribution in [-0.2, 0) is 4.79 Å². The third-order valence-electron chi connectivity index (χ3n) is 5.25. The molecule has 0 atom stereocenters. The van der Waals surface area contributed by atoms with E-state index >= 15 is 0 Å². The minimum Gasteiger partial charge on any atom is -0.484 e. The van der Waals surface area contributed by atoms with Crippen LogP contribution in [-0.4, -0.2) is 38.7 Å². The average molecular weight is 503 g/mol. The molecule has 0 aliphatic carbocycles. The lowest BCUT2D eigenvalue weighted by Gasteiger charge is -2.12. The SMILES string of the molecule is CC(C)NC(=O)COc1cc(F)cc(-c2nc(Nc3ccc(-c4cn[nH]c4)cc3)c3ccsc3n2)c1. The summed E-state index contributed by atoms with van der Waals surface area (Å²) in [4.78, 5) is 22.0. The van der Waals surface area contributed by atoms with Gasteiger partial charge in [-0.25, -0.2) is 14.4 Å². The number of nitrogens with zero attached hydrogens (tertiary/aromatic N) is 3. The Morgan fingerprint density at radius 3 is 2.67 bits per heavy atom. The molecule has 1 amide bonds. The molecule has 0 unspecified atom stereocenters. The summed E-state index contributed by atoms with van der Waals surface area (Å²) >= 11 is 1.47. The van der Waals surface area contributed by atoms with Crippen molar-refractivity contribution in [3.8, 4) is 28.3 Å². The number of benzene rings is 2. The highest BCUT2D eigenvalue weighted by Crippen LogP contribution is 2.32. The number of aromatic nitrogens is 4. The molecule has 10 heteroatoms. The molecular formula is C26H23FN6O2S. The summed E-state index contributed by atoms with van der Waals surface area (Å²) in [7, 11) is 0. The van der Waals surface area contributed by atoms with Gasteiger partial charge in [0.15, 0.2) is 12.4 Å². The summed E-state index contributed by atoms with van der Waals surface area (Å²) in [6.07, 6.45) is 3.60. The third kappa shape index (κ3) is 5.33. The Morgan fingerprint density at radius 2 is 1.92 bits per heavy atom. The lowest BCUT2D eigenvalue weighted by Crippen LogP contribution is -2.34. The van der Waals surface area contributed by atoms with E-state index in [9.17, 15) is 9.18 Å². The number of amides is 1. The standard InChI is InChI=1S/C26H23FN6O2S/c1-15(2)30-23(34)14-35-21-10-17(9-19(27)11-21)24-32-25(22-7-8-36-26(22)33-24)31-20-5-3-16(4-6-20)18-12-28-29-13-18/h3-13,15H,14H2,1-2H3,(H,28,29)(H,30,34)(H,31,32,33). The van der Waals surface area contributed by atoms with Crippen LogP contribution in [0.25, 0.3) is 32.7 Å². The minimum absolute atomic E-state index is 0.0112. The normalized spacial score (nSPS) is 11.1. The second-order valence-electron chi connectivity index (χ2n) is 8.41. The van der Waals surface area contributed by atoms with Gasteiger partial charge in [-0.15, -0.1) is 11.3 Å². The van der Waals surface area contributed by atoms with Crippen molar-refractivity contribution in [2.24, 2.45) is 0 Å². The highest BCUT2D eigenvalue weighted by atomic mass is 32.1. The first kappa shape index (κ1) is 23.4. The number of H-pyrrole nitrogens is 1. The second kappa shape index (κ2) is 10.1. The molecule has 0 saturated heterocycles. The largest absolute Gasteiger partial charge is 0.484 e. The number of carbonyl (C=O) groups is 1. The van der Waals surface area contributed by atoms with Crippen LogP contribution < -0.4 is 15.4 Å². The van der Waals surface area contributed by atoms with E-state index in [1.54, 1.807) is 12.3 Å². The molecule has 3 heterocycles. The first-order valence-electron chi connectivity index (χ1n) is 11.3. The molecule has 36 heavy (non-hydrogen) atoms. The molecule has 0 bridgehead atoms. The van der Waals surface area contributed by atoms with Crippen LogP contribution in [0.15, 0.2) is 66.3 Å². The number of anilines is 2. The van der Waals surface area contributed by atoms with E-state index in [4.69, 9.17) is 9.72 Å². The number of fused-ring (bicyclic) bond motifs is 1. The topological polar surface area (TPSA) is 105 Å². The van der Waals surface area contributed by atoms with Crippen LogP contribution >= 0.6 is 11.3 Å². The number of hydrogen-bond acceptors (Lipinski definition) is 7. The predicted octanol–water partition coefficient (Wildman–Crippen LogP) is 5.53. The van der Waals surface area contributed by atoms with Crippen LogP contribution in [0.5, 0.6) is 5.75 Å². The Morgan fingerprint density at radius 1 is 1.08 bits per heavy atom. The number of ether oxygens (including phenoxy) is 1. The van der Waals surface area contributed by atoms with Gasteiger partial charge in [-0.3, -0.25) is 9.89 Å². The molecule has 0 spiro atoms. The highest BCUT2D eigenvalue weighted by Gasteiger charge is 2.14. The average Bonchev–Trinajstić information content (AvgIpc) is 3.55. The number of rotatable bonds is 8. The maximum Gasteiger partial charge on any atom is 0.258 e. The van der Waals surface area contributed by atoms with E-state index in [1.807, 2.05) is 55.8 Å². The Balaban J connectivity index is 1.42. The van der Waals surface area contributed by atoms with Crippen molar-refractivity contribution in [1.82, 2.24) is 25.5 Å². The zero-order valence-corrected chi connectivity index (χ0v) is 20.4. The molecule has 0 saturated carbocycles. The van der Waals surface area contributed by atoms with E-state index in [1.165, 1.54) is 23.5 Å². The van der Waals surface area contributed by atoms with E-state index in [0.717, 1.165) is 27.0 Å². The zero-order valence-electron chi connectivity index (χ0n) is 19.6. The van der Waals surface area contributed by atoms with E-state index in [0.29, 0.717) is 17.2 Å². The Kier molecular flexibility index (Phi) is 6.59. The zero-order chi connectivity index (χ0) is 25.1. The van der Waals surface area contributed by atoms with Crippen LogP contribution in [0, 0.1) is 5.82 Å². The molecular weight excluding hydrogens is 479 g/mol.